The highest BCUT2D eigenvalue weighted by atomic mass is 16.3. The Kier molecular flexibility index (Phi) is 4.36. The topological polar surface area (TPSA) is 31.0 Å². The van der Waals surface area contributed by atoms with E-state index in [2.05, 4.69) is 97.3 Å². The first-order chi connectivity index (χ1) is 15.7. The van der Waals surface area contributed by atoms with Gasteiger partial charge in [-0.05, 0) is 59.0 Å². The molecule has 0 atom stereocenters. The van der Waals surface area contributed by atoms with Crippen LogP contribution in [-0.4, -0.2) is 9.55 Å². The lowest BCUT2D eigenvalue weighted by Crippen LogP contribution is -1.97. The van der Waals surface area contributed by atoms with Crippen LogP contribution in [0.5, 0.6) is 0 Å². The van der Waals surface area contributed by atoms with Crippen LogP contribution in [-0.2, 0) is 6.42 Å². The number of hydrogen-bond donors (Lipinski definition) is 0. The SMILES string of the molecule is CC(C)Cc1ccc2c(-c3nc4ccccc4n3-c3ccc4ccccc4c3)coc2c1. The van der Waals surface area contributed by atoms with Crippen LogP contribution in [0, 0.1) is 5.92 Å². The van der Waals surface area contributed by atoms with Crippen molar-refractivity contribution in [1.29, 1.82) is 0 Å². The van der Waals surface area contributed by atoms with Gasteiger partial charge in [-0.2, -0.15) is 0 Å². The lowest BCUT2D eigenvalue weighted by atomic mass is 10.0. The second-order valence-corrected chi connectivity index (χ2v) is 8.87. The molecule has 0 saturated carbocycles. The molecule has 0 bridgehead atoms. The average molecular weight is 417 g/mol. The van der Waals surface area contributed by atoms with E-state index in [-0.39, 0.29) is 0 Å². The normalized spacial score (nSPS) is 11.8. The molecule has 0 aliphatic heterocycles. The molecule has 0 radical (unpaired) electrons. The largest absolute Gasteiger partial charge is 0.464 e. The third kappa shape index (κ3) is 3.09. The molecule has 32 heavy (non-hydrogen) atoms. The van der Waals surface area contributed by atoms with E-state index >= 15 is 0 Å². The highest BCUT2D eigenvalue weighted by Gasteiger charge is 2.19. The molecule has 2 aromatic heterocycles. The minimum absolute atomic E-state index is 0.610. The second kappa shape index (κ2) is 7.38. The number of fused-ring (bicyclic) bond motifs is 3. The van der Waals surface area contributed by atoms with Gasteiger partial charge in [0.15, 0.2) is 0 Å². The van der Waals surface area contributed by atoms with Gasteiger partial charge in [0.1, 0.15) is 17.7 Å². The summed E-state index contributed by atoms with van der Waals surface area (Å²) in [7, 11) is 0. The summed E-state index contributed by atoms with van der Waals surface area (Å²) in [5, 5.41) is 3.53. The molecule has 0 fully saturated rings. The molecule has 3 heteroatoms. The number of nitrogens with zero attached hydrogens (tertiary/aromatic N) is 2. The number of aromatic nitrogens is 2. The van der Waals surface area contributed by atoms with E-state index in [0.29, 0.717) is 5.92 Å². The Balaban J connectivity index is 1.58. The first kappa shape index (κ1) is 18.9. The summed E-state index contributed by atoms with van der Waals surface area (Å²) in [4.78, 5) is 5.04. The monoisotopic (exact) mass is 416 g/mol. The Labute approximate surface area is 186 Å². The third-order valence-corrected chi connectivity index (χ3v) is 6.08. The molecule has 2 heterocycles. The van der Waals surface area contributed by atoms with Crippen molar-refractivity contribution in [3.63, 3.8) is 0 Å². The quantitative estimate of drug-likeness (QED) is 0.294. The van der Waals surface area contributed by atoms with Crippen LogP contribution in [0.25, 0.3) is 49.9 Å². The highest BCUT2D eigenvalue weighted by Crippen LogP contribution is 2.35. The van der Waals surface area contributed by atoms with Gasteiger partial charge in [0.05, 0.1) is 16.6 Å². The van der Waals surface area contributed by atoms with Crippen LogP contribution < -0.4 is 0 Å². The van der Waals surface area contributed by atoms with Crippen molar-refractivity contribution in [2.24, 2.45) is 5.92 Å². The van der Waals surface area contributed by atoms with Gasteiger partial charge in [-0.3, -0.25) is 4.57 Å². The number of imidazole rings is 1. The Hall–Kier alpha value is -3.85. The molecule has 0 saturated heterocycles. The predicted octanol–water partition coefficient (Wildman–Crippen LogP) is 7.79. The molecule has 0 N–H and O–H groups in total. The summed E-state index contributed by atoms with van der Waals surface area (Å²) in [5.41, 5.74) is 6.38. The summed E-state index contributed by atoms with van der Waals surface area (Å²) >= 11 is 0. The van der Waals surface area contributed by atoms with Gasteiger partial charge in [0.2, 0.25) is 0 Å². The molecule has 0 spiro atoms. The second-order valence-electron chi connectivity index (χ2n) is 8.87. The molecular formula is C29H24N2O. The third-order valence-electron chi connectivity index (χ3n) is 6.08. The Morgan fingerprint density at radius 2 is 1.66 bits per heavy atom. The maximum Gasteiger partial charge on any atom is 0.149 e. The zero-order valence-electron chi connectivity index (χ0n) is 18.2. The number of furan rings is 1. The van der Waals surface area contributed by atoms with Crippen LogP contribution in [0.3, 0.4) is 0 Å². The summed E-state index contributed by atoms with van der Waals surface area (Å²) in [6.45, 7) is 4.48. The van der Waals surface area contributed by atoms with Gasteiger partial charge in [-0.25, -0.2) is 4.98 Å². The first-order valence-electron chi connectivity index (χ1n) is 11.1. The van der Waals surface area contributed by atoms with Crippen LogP contribution in [0.15, 0.2) is 95.6 Å². The Morgan fingerprint density at radius 1 is 0.844 bits per heavy atom. The minimum atomic E-state index is 0.610. The molecule has 0 unspecified atom stereocenters. The van der Waals surface area contributed by atoms with Crippen molar-refractivity contribution in [3.8, 4) is 17.1 Å². The standard InChI is InChI=1S/C29H24N2O/c1-19(2)15-20-11-14-24-25(18-32-28(24)16-20)29-30-26-9-5-6-10-27(26)31(29)23-13-12-21-7-3-4-8-22(21)17-23/h3-14,16-19H,15H2,1-2H3. The van der Waals surface area contributed by atoms with Crippen LogP contribution in [0.1, 0.15) is 19.4 Å². The average Bonchev–Trinajstić information content (AvgIpc) is 3.39. The maximum absolute atomic E-state index is 6.03. The van der Waals surface area contributed by atoms with Crippen molar-refractivity contribution in [2.45, 2.75) is 20.3 Å². The maximum atomic E-state index is 6.03. The summed E-state index contributed by atoms with van der Waals surface area (Å²) < 4.78 is 8.27. The Bertz CT molecular complexity index is 1590. The van der Waals surface area contributed by atoms with E-state index in [1.165, 1.54) is 16.3 Å². The zero-order valence-corrected chi connectivity index (χ0v) is 18.2. The summed E-state index contributed by atoms with van der Waals surface area (Å²) in [5.74, 6) is 1.51. The molecular weight excluding hydrogens is 392 g/mol. The van der Waals surface area contributed by atoms with Crippen LogP contribution in [0.4, 0.5) is 0 Å². The number of hydrogen-bond acceptors (Lipinski definition) is 2. The number of rotatable bonds is 4. The lowest BCUT2D eigenvalue weighted by Gasteiger charge is -2.10. The van der Waals surface area contributed by atoms with Gasteiger partial charge in [0, 0.05) is 11.1 Å². The predicted molar refractivity (Wildman–Crippen MR) is 132 cm³/mol. The smallest absolute Gasteiger partial charge is 0.149 e. The van der Waals surface area contributed by atoms with Crippen molar-refractivity contribution >= 4 is 32.8 Å². The minimum Gasteiger partial charge on any atom is -0.464 e. The molecule has 6 aromatic rings. The van der Waals surface area contributed by atoms with E-state index < -0.39 is 0 Å². The van der Waals surface area contributed by atoms with Gasteiger partial charge < -0.3 is 4.42 Å². The van der Waals surface area contributed by atoms with Crippen molar-refractivity contribution in [2.75, 3.05) is 0 Å². The molecule has 0 aliphatic carbocycles. The molecule has 156 valence electrons. The van der Waals surface area contributed by atoms with Crippen LogP contribution >= 0.6 is 0 Å². The molecule has 0 aliphatic rings. The van der Waals surface area contributed by atoms with Crippen molar-refractivity contribution in [1.82, 2.24) is 9.55 Å². The van der Waals surface area contributed by atoms with Gasteiger partial charge in [-0.1, -0.05) is 68.4 Å². The number of para-hydroxylation sites is 2. The lowest BCUT2D eigenvalue weighted by molar-refractivity contribution is 0.613. The molecule has 0 amide bonds. The highest BCUT2D eigenvalue weighted by molar-refractivity contribution is 5.96. The van der Waals surface area contributed by atoms with Crippen molar-refractivity contribution in [3.05, 3.63) is 96.8 Å². The molecule has 4 aromatic carbocycles. The van der Waals surface area contributed by atoms with Gasteiger partial charge in [-0.15, -0.1) is 0 Å². The molecule has 6 rings (SSSR count). The van der Waals surface area contributed by atoms with E-state index in [9.17, 15) is 0 Å². The Morgan fingerprint density at radius 3 is 2.53 bits per heavy atom. The van der Waals surface area contributed by atoms with E-state index in [0.717, 1.165) is 45.5 Å². The fourth-order valence-corrected chi connectivity index (χ4v) is 4.63. The first-order valence-corrected chi connectivity index (χ1v) is 11.1. The fourth-order valence-electron chi connectivity index (χ4n) is 4.63. The summed E-state index contributed by atoms with van der Waals surface area (Å²) in [6, 6.07) is 29.9. The number of benzene rings is 4. The van der Waals surface area contributed by atoms with Crippen molar-refractivity contribution < 1.29 is 4.42 Å². The van der Waals surface area contributed by atoms with Gasteiger partial charge >= 0.3 is 0 Å². The zero-order chi connectivity index (χ0) is 21.7. The van der Waals surface area contributed by atoms with Crippen LogP contribution in [0.2, 0.25) is 0 Å². The fraction of sp³-hybridized carbons (Fsp3) is 0.138. The summed E-state index contributed by atoms with van der Waals surface area (Å²) in [6.07, 6.45) is 2.89. The van der Waals surface area contributed by atoms with E-state index in [1.54, 1.807) is 0 Å². The molecule has 3 nitrogen and oxygen atoms in total. The van der Waals surface area contributed by atoms with Gasteiger partial charge in [0.25, 0.3) is 0 Å². The van der Waals surface area contributed by atoms with E-state index in [4.69, 9.17) is 9.40 Å². The van der Waals surface area contributed by atoms with E-state index in [1.807, 2.05) is 12.3 Å².